The SMILES string of the molecule is COc1ccc(CC(C)NCC2CCN(CC(F)(F)F)C2)cc1OC. The van der Waals surface area contributed by atoms with Crippen LogP contribution in [0.1, 0.15) is 18.9 Å². The van der Waals surface area contributed by atoms with Crippen molar-refractivity contribution >= 4 is 0 Å². The fraction of sp³-hybridized carbons (Fsp3) is 0.667. The Morgan fingerprint density at radius 3 is 2.60 bits per heavy atom. The van der Waals surface area contributed by atoms with Crippen LogP contribution in [0, 0.1) is 5.92 Å². The molecule has 1 aliphatic heterocycles. The molecule has 1 aromatic carbocycles. The summed E-state index contributed by atoms with van der Waals surface area (Å²) in [5.41, 5.74) is 1.13. The average Bonchev–Trinajstić information content (AvgIpc) is 2.98. The summed E-state index contributed by atoms with van der Waals surface area (Å²) >= 11 is 0. The van der Waals surface area contributed by atoms with E-state index in [-0.39, 0.29) is 12.0 Å². The van der Waals surface area contributed by atoms with E-state index in [1.54, 1.807) is 14.2 Å². The molecule has 0 saturated carbocycles. The minimum Gasteiger partial charge on any atom is -0.493 e. The van der Waals surface area contributed by atoms with E-state index in [0.29, 0.717) is 24.6 Å². The van der Waals surface area contributed by atoms with Crippen LogP contribution in [0.4, 0.5) is 13.2 Å². The molecule has 2 atom stereocenters. The molecule has 2 rings (SSSR count). The van der Waals surface area contributed by atoms with Crippen LogP contribution in [-0.4, -0.2) is 57.5 Å². The lowest BCUT2D eigenvalue weighted by molar-refractivity contribution is -0.143. The van der Waals surface area contributed by atoms with Crippen molar-refractivity contribution in [3.8, 4) is 11.5 Å². The van der Waals surface area contributed by atoms with Crippen LogP contribution in [0.5, 0.6) is 11.5 Å². The normalized spacial score (nSPS) is 19.8. The van der Waals surface area contributed by atoms with E-state index in [2.05, 4.69) is 12.2 Å². The molecule has 0 bridgehead atoms. The van der Waals surface area contributed by atoms with Gasteiger partial charge in [0.2, 0.25) is 0 Å². The van der Waals surface area contributed by atoms with Crippen LogP contribution in [0.15, 0.2) is 18.2 Å². The molecular formula is C18H27F3N2O2. The second-order valence-electron chi connectivity index (χ2n) is 6.71. The fourth-order valence-corrected chi connectivity index (χ4v) is 3.28. The number of ether oxygens (including phenoxy) is 2. The number of likely N-dealkylation sites (tertiary alicyclic amines) is 1. The number of rotatable bonds is 8. The molecule has 0 aromatic heterocycles. The van der Waals surface area contributed by atoms with Crippen molar-refractivity contribution in [3.63, 3.8) is 0 Å². The highest BCUT2D eigenvalue weighted by molar-refractivity contribution is 5.43. The number of alkyl halides is 3. The molecular weight excluding hydrogens is 333 g/mol. The first kappa shape index (κ1) is 19.8. The summed E-state index contributed by atoms with van der Waals surface area (Å²) in [6.07, 6.45) is -2.48. The Kier molecular flexibility index (Phi) is 6.95. The fourth-order valence-electron chi connectivity index (χ4n) is 3.28. The molecule has 1 saturated heterocycles. The van der Waals surface area contributed by atoms with Crippen molar-refractivity contribution < 1.29 is 22.6 Å². The summed E-state index contributed by atoms with van der Waals surface area (Å²) in [6, 6.07) is 6.07. The van der Waals surface area contributed by atoms with Gasteiger partial charge in [-0.25, -0.2) is 0 Å². The third-order valence-corrected chi connectivity index (χ3v) is 4.52. The van der Waals surface area contributed by atoms with Crippen LogP contribution < -0.4 is 14.8 Å². The highest BCUT2D eigenvalue weighted by Gasteiger charge is 2.34. The molecule has 1 fully saturated rings. The molecule has 25 heavy (non-hydrogen) atoms. The van der Waals surface area contributed by atoms with E-state index in [1.165, 1.54) is 4.90 Å². The minimum absolute atomic E-state index is 0.231. The van der Waals surface area contributed by atoms with Gasteiger partial charge in [-0.3, -0.25) is 4.90 Å². The van der Waals surface area contributed by atoms with Crippen molar-refractivity contribution in [3.05, 3.63) is 23.8 Å². The standard InChI is InChI=1S/C18H27F3N2O2/c1-13(8-14-4-5-16(24-2)17(9-14)25-3)22-10-15-6-7-23(11-15)12-18(19,20)21/h4-5,9,13,15,22H,6-8,10-12H2,1-3H3. The van der Waals surface area contributed by atoms with Crippen molar-refractivity contribution in [2.24, 2.45) is 5.92 Å². The molecule has 0 spiro atoms. The summed E-state index contributed by atoms with van der Waals surface area (Å²) in [4.78, 5) is 1.49. The van der Waals surface area contributed by atoms with E-state index < -0.39 is 12.7 Å². The van der Waals surface area contributed by atoms with Gasteiger partial charge in [-0.2, -0.15) is 13.2 Å². The summed E-state index contributed by atoms with van der Waals surface area (Å²) < 4.78 is 47.8. The predicted octanol–water partition coefficient (Wildman–Crippen LogP) is 3.11. The number of hydrogen-bond acceptors (Lipinski definition) is 4. The molecule has 0 radical (unpaired) electrons. The highest BCUT2D eigenvalue weighted by Crippen LogP contribution is 2.28. The number of nitrogens with one attached hydrogen (secondary N) is 1. The lowest BCUT2D eigenvalue weighted by atomic mass is 10.0. The summed E-state index contributed by atoms with van der Waals surface area (Å²) in [5, 5.41) is 3.44. The van der Waals surface area contributed by atoms with Crippen LogP contribution in [0.2, 0.25) is 0 Å². The van der Waals surface area contributed by atoms with Crippen LogP contribution >= 0.6 is 0 Å². The number of benzene rings is 1. The average molecular weight is 360 g/mol. The number of hydrogen-bond donors (Lipinski definition) is 1. The first-order valence-corrected chi connectivity index (χ1v) is 8.54. The van der Waals surface area contributed by atoms with Gasteiger partial charge in [0, 0.05) is 12.6 Å². The van der Waals surface area contributed by atoms with Gasteiger partial charge < -0.3 is 14.8 Å². The Labute approximate surface area is 147 Å². The summed E-state index contributed by atoms with van der Waals surface area (Å²) in [5.74, 6) is 1.67. The Bertz CT molecular complexity index is 552. The predicted molar refractivity (Wildman–Crippen MR) is 91.3 cm³/mol. The first-order valence-electron chi connectivity index (χ1n) is 8.54. The van der Waals surface area contributed by atoms with Crippen molar-refractivity contribution in [1.82, 2.24) is 10.2 Å². The molecule has 2 unspecified atom stereocenters. The van der Waals surface area contributed by atoms with Crippen LogP contribution in [0.25, 0.3) is 0 Å². The van der Waals surface area contributed by atoms with E-state index in [9.17, 15) is 13.2 Å². The van der Waals surface area contributed by atoms with Gasteiger partial charge in [-0.05, 0) is 56.5 Å². The van der Waals surface area contributed by atoms with Crippen LogP contribution in [-0.2, 0) is 6.42 Å². The number of methoxy groups -OCH3 is 2. The lowest BCUT2D eigenvalue weighted by Crippen LogP contribution is -2.36. The largest absolute Gasteiger partial charge is 0.493 e. The maximum absolute atomic E-state index is 12.4. The van der Waals surface area contributed by atoms with E-state index in [1.807, 2.05) is 18.2 Å². The van der Waals surface area contributed by atoms with Gasteiger partial charge >= 0.3 is 6.18 Å². The topological polar surface area (TPSA) is 33.7 Å². The maximum atomic E-state index is 12.4. The van der Waals surface area contributed by atoms with Gasteiger partial charge in [0.05, 0.1) is 20.8 Å². The lowest BCUT2D eigenvalue weighted by Gasteiger charge is -2.20. The molecule has 1 heterocycles. The molecule has 0 amide bonds. The Balaban J connectivity index is 1.77. The van der Waals surface area contributed by atoms with E-state index >= 15 is 0 Å². The maximum Gasteiger partial charge on any atom is 0.401 e. The Hall–Kier alpha value is -1.47. The zero-order valence-corrected chi connectivity index (χ0v) is 15.0. The second-order valence-corrected chi connectivity index (χ2v) is 6.71. The number of halogens is 3. The van der Waals surface area contributed by atoms with Gasteiger partial charge in [0.25, 0.3) is 0 Å². The molecule has 0 aliphatic carbocycles. The summed E-state index contributed by atoms with van der Waals surface area (Å²) in [7, 11) is 3.21. The monoisotopic (exact) mass is 360 g/mol. The quantitative estimate of drug-likeness (QED) is 0.772. The number of nitrogens with zero attached hydrogens (tertiary/aromatic N) is 1. The van der Waals surface area contributed by atoms with Gasteiger partial charge in [-0.15, -0.1) is 0 Å². The Morgan fingerprint density at radius 1 is 1.24 bits per heavy atom. The second kappa shape index (κ2) is 8.76. The molecule has 1 aliphatic rings. The minimum atomic E-state index is -4.11. The zero-order chi connectivity index (χ0) is 18.4. The van der Waals surface area contributed by atoms with Gasteiger partial charge in [-0.1, -0.05) is 6.07 Å². The molecule has 1 N–H and O–H groups in total. The van der Waals surface area contributed by atoms with Gasteiger partial charge in [0.1, 0.15) is 0 Å². The first-order chi connectivity index (χ1) is 11.8. The zero-order valence-electron chi connectivity index (χ0n) is 15.0. The third-order valence-electron chi connectivity index (χ3n) is 4.52. The molecule has 4 nitrogen and oxygen atoms in total. The van der Waals surface area contributed by atoms with E-state index in [0.717, 1.165) is 24.9 Å². The summed E-state index contributed by atoms with van der Waals surface area (Å²) in [6.45, 7) is 3.05. The van der Waals surface area contributed by atoms with Gasteiger partial charge in [0.15, 0.2) is 11.5 Å². The molecule has 142 valence electrons. The van der Waals surface area contributed by atoms with E-state index in [4.69, 9.17) is 9.47 Å². The Morgan fingerprint density at radius 2 is 1.96 bits per heavy atom. The van der Waals surface area contributed by atoms with Crippen molar-refractivity contribution in [1.29, 1.82) is 0 Å². The van der Waals surface area contributed by atoms with Crippen LogP contribution in [0.3, 0.4) is 0 Å². The van der Waals surface area contributed by atoms with Crippen molar-refractivity contribution in [2.45, 2.75) is 32.0 Å². The van der Waals surface area contributed by atoms with Crippen molar-refractivity contribution in [2.75, 3.05) is 40.4 Å². The molecule has 1 aromatic rings. The smallest absolute Gasteiger partial charge is 0.401 e. The molecule has 7 heteroatoms. The highest BCUT2D eigenvalue weighted by atomic mass is 19.4. The third kappa shape index (κ3) is 6.40.